The molecule has 7 nitrogen and oxygen atoms in total. The molecule has 2 aromatic carbocycles. The van der Waals surface area contributed by atoms with Crippen LogP contribution in [-0.4, -0.2) is 38.9 Å². The monoisotopic (exact) mass is 502 g/mol. The van der Waals surface area contributed by atoms with Crippen LogP contribution in [-0.2, 0) is 20.4 Å². The highest BCUT2D eigenvalue weighted by Gasteiger charge is 2.46. The van der Waals surface area contributed by atoms with Crippen LogP contribution in [0.25, 0.3) is 0 Å². The van der Waals surface area contributed by atoms with Crippen molar-refractivity contribution in [3.05, 3.63) is 58.7 Å². The number of hydrogen-bond donors (Lipinski definition) is 0. The molecule has 182 valence electrons. The van der Waals surface area contributed by atoms with Crippen molar-refractivity contribution < 1.29 is 33.0 Å². The van der Waals surface area contributed by atoms with Gasteiger partial charge in [0.1, 0.15) is 11.8 Å². The minimum atomic E-state index is -1.82. The predicted octanol–water partition coefficient (Wildman–Crippen LogP) is 3.58. The van der Waals surface area contributed by atoms with E-state index in [2.05, 4.69) is 0 Å². The number of carbonyl (C=O) groups excluding carboxylic acids is 6. The second kappa shape index (κ2) is 8.34. The van der Waals surface area contributed by atoms with Gasteiger partial charge in [0.2, 0.25) is 0 Å². The van der Waals surface area contributed by atoms with Crippen molar-refractivity contribution in [1.29, 1.82) is 0 Å². The molecule has 8 heteroatoms. The van der Waals surface area contributed by atoms with Crippen molar-refractivity contribution in [2.45, 2.75) is 48.3 Å². The molecule has 0 aromatic heterocycles. The van der Waals surface area contributed by atoms with Gasteiger partial charge in [0.05, 0.1) is 10.8 Å². The van der Waals surface area contributed by atoms with Gasteiger partial charge in [-0.1, -0.05) is 0 Å². The maximum Gasteiger partial charge on any atom is 0.181 e. The van der Waals surface area contributed by atoms with Gasteiger partial charge < -0.3 is 0 Å². The van der Waals surface area contributed by atoms with E-state index in [1.54, 1.807) is 0 Å². The summed E-state index contributed by atoms with van der Waals surface area (Å²) in [5.74, 6) is -5.01. The fourth-order valence-electron chi connectivity index (χ4n) is 5.14. The molecule has 2 unspecified atom stereocenters. The number of carbonyl (C=O) groups is 6. The lowest BCUT2D eigenvalue weighted by molar-refractivity contribution is -0.121. The van der Waals surface area contributed by atoms with Crippen LogP contribution in [0.3, 0.4) is 0 Å². The maximum absolute atomic E-state index is 13.3. The Morgan fingerprint density at radius 1 is 0.611 bits per heavy atom. The van der Waals surface area contributed by atoms with Crippen molar-refractivity contribution in [3.63, 3.8) is 0 Å². The second-order valence-corrected chi connectivity index (χ2v) is 11.7. The predicted molar refractivity (Wildman–Crippen MR) is 127 cm³/mol. The molecule has 0 heterocycles. The van der Waals surface area contributed by atoms with Crippen molar-refractivity contribution >= 4 is 45.5 Å². The second-order valence-electron chi connectivity index (χ2n) is 10.2. The normalized spacial score (nSPS) is 23.6. The summed E-state index contributed by atoms with van der Waals surface area (Å²) in [6.07, 6.45) is 4.17. The Bertz CT molecular complexity index is 1340. The minimum absolute atomic E-state index is 0.0816. The van der Waals surface area contributed by atoms with Gasteiger partial charge >= 0.3 is 0 Å². The molecular formula is C28H22O7S. The quantitative estimate of drug-likeness (QED) is 0.506. The first kappa shape index (κ1) is 23.0. The smallest absolute Gasteiger partial charge is 0.181 e. The van der Waals surface area contributed by atoms with E-state index < -0.39 is 45.8 Å². The third-order valence-electron chi connectivity index (χ3n) is 7.54. The van der Waals surface area contributed by atoms with Crippen LogP contribution in [0, 0.1) is 23.7 Å². The van der Waals surface area contributed by atoms with Gasteiger partial charge in [0.15, 0.2) is 34.7 Å². The summed E-state index contributed by atoms with van der Waals surface area (Å²) < 4.78 is 13.3. The van der Waals surface area contributed by atoms with Crippen molar-refractivity contribution in [1.82, 2.24) is 0 Å². The van der Waals surface area contributed by atoms with E-state index in [9.17, 15) is 33.0 Å². The number of ketones is 6. The Kier molecular flexibility index (Phi) is 5.33. The molecule has 0 amide bonds. The van der Waals surface area contributed by atoms with Crippen LogP contribution >= 0.6 is 0 Å². The van der Waals surface area contributed by atoms with E-state index in [1.807, 2.05) is 0 Å². The number of hydrogen-bond acceptors (Lipinski definition) is 7. The standard InChI is InChI=1S/C28H22O7S/c29-21(9-13-1-2-13)23-25(31)17-7-5-15(11-19(17)27(23)33)36(35)16-6-8-18-20(12-16)28(34)24(26(18)32)22(30)10-14-3-4-14/h5-8,11-14,23-24H,1-4,9-10H2. The fourth-order valence-corrected chi connectivity index (χ4v) is 6.25. The van der Waals surface area contributed by atoms with Gasteiger partial charge in [0.25, 0.3) is 0 Å². The zero-order valence-electron chi connectivity index (χ0n) is 19.3. The summed E-state index contributed by atoms with van der Waals surface area (Å²) >= 11 is 0. The van der Waals surface area contributed by atoms with E-state index in [4.69, 9.17) is 0 Å². The average Bonchev–Trinajstić information content (AvgIpc) is 3.79. The zero-order valence-corrected chi connectivity index (χ0v) is 20.1. The van der Waals surface area contributed by atoms with Crippen molar-refractivity contribution in [2.24, 2.45) is 23.7 Å². The van der Waals surface area contributed by atoms with Crippen LogP contribution in [0.4, 0.5) is 0 Å². The molecule has 4 aliphatic carbocycles. The molecule has 2 aromatic rings. The summed E-state index contributed by atoms with van der Waals surface area (Å²) in [4.78, 5) is 76.9. The Morgan fingerprint density at radius 3 is 1.33 bits per heavy atom. The SMILES string of the molecule is O=C(CC1CC1)C1C(=O)c2ccc(S(=O)c3ccc4c(c3)C(=O)C(C(=O)CC3CC3)C4=O)cc2C1=O. The highest BCUT2D eigenvalue weighted by atomic mass is 32.2. The van der Waals surface area contributed by atoms with E-state index >= 15 is 0 Å². The van der Waals surface area contributed by atoms with E-state index in [-0.39, 0.29) is 68.3 Å². The molecule has 0 aliphatic heterocycles. The molecule has 0 saturated heterocycles. The van der Waals surface area contributed by atoms with E-state index in [0.29, 0.717) is 0 Å². The van der Waals surface area contributed by atoms with Crippen LogP contribution in [0.15, 0.2) is 46.2 Å². The lowest BCUT2D eigenvalue weighted by atomic mass is 9.95. The molecule has 6 rings (SSSR count). The summed E-state index contributed by atoms with van der Waals surface area (Å²) in [7, 11) is -1.82. The number of benzene rings is 2. The maximum atomic E-state index is 13.3. The molecule has 0 spiro atoms. The number of rotatable bonds is 8. The highest BCUT2D eigenvalue weighted by molar-refractivity contribution is 7.85. The number of Topliss-reactive ketones (excluding diaryl/α,β-unsaturated/α-hetero) is 6. The van der Waals surface area contributed by atoms with Crippen molar-refractivity contribution in [2.75, 3.05) is 0 Å². The van der Waals surface area contributed by atoms with Gasteiger partial charge in [-0.15, -0.1) is 0 Å². The first-order valence-corrected chi connectivity index (χ1v) is 13.3. The Morgan fingerprint density at radius 2 is 0.972 bits per heavy atom. The first-order valence-electron chi connectivity index (χ1n) is 12.2. The Balaban J connectivity index is 1.26. The molecule has 2 saturated carbocycles. The molecule has 2 atom stereocenters. The van der Waals surface area contributed by atoms with Gasteiger partial charge in [0, 0.05) is 44.9 Å². The largest absolute Gasteiger partial charge is 0.298 e. The molecule has 4 aliphatic rings. The Labute approximate surface area is 209 Å². The third-order valence-corrected chi connectivity index (χ3v) is 8.90. The first-order chi connectivity index (χ1) is 17.2. The summed E-state index contributed by atoms with van der Waals surface area (Å²) in [5, 5.41) is 0. The molecule has 0 radical (unpaired) electrons. The van der Waals surface area contributed by atoms with Crippen LogP contribution in [0.2, 0.25) is 0 Å². The average molecular weight is 503 g/mol. The van der Waals surface area contributed by atoms with Gasteiger partial charge in [-0.25, -0.2) is 4.21 Å². The molecule has 0 N–H and O–H groups in total. The van der Waals surface area contributed by atoms with Gasteiger partial charge in [-0.2, -0.15) is 0 Å². The van der Waals surface area contributed by atoms with Crippen LogP contribution in [0.1, 0.15) is 80.0 Å². The molecule has 36 heavy (non-hydrogen) atoms. The number of fused-ring (bicyclic) bond motifs is 2. The summed E-state index contributed by atoms with van der Waals surface area (Å²) in [6.45, 7) is 0. The fraction of sp³-hybridized carbons (Fsp3) is 0.357. The van der Waals surface area contributed by atoms with E-state index in [1.165, 1.54) is 36.4 Å². The van der Waals surface area contributed by atoms with E-state index in [0.717, 1.165) is 25.7 Å². The Hall–Kier alpha value is -3.39. The van der Waals surface area contributed by atoms with Gasteiger partial charge in [-0.3, -0.25) is 28.8 Å². The van der Waals surface area contributed by atoms with Gasteiger partial charge in [-0.05, 0) is 73.9 Å². The molecule has 2 fully saturated rings. The van der Waals surface area contributed by atoms with Crippen LogP contribution < -0.4 is 0 Å². The third kappa shape index (κ3) is 3.75. The summed E-state index contributed by atoms with van der Waals surface area (Å²) in [6, 6.07) is 8.52. The molecular weight excluding hydrogens is 480 g/mol. The lowest BCUT2D eigenvalue weighted by Crippen LogP contribution is -2.25. The molecule has 0 bridgehead atoms. The zero-order chi connectivity index (χ0) is 25.3. The highest BCUT2D eigenvalue weighted by Crippen LogP contribution is 2.38. The summed E-state index contributed by atoms with van der Waals surface area (Å²) in [5.41, 5.74) is 0.472. The topological polar surface area (TPSA) is 119 Å². The lowest BCUT2D eigenvalue weighted by Gasteiger charge is -2.06. The van der Waals surface area contributed by atoms with Crippen LogP contribution in [0.5, 0.6) is 0 Å². The van der Waals surface area contributed by atoms with Crippen molar-refractivity contribution in [3.8, 4) is 0 Å². The minimum Gasteiger partial charge on any atom is -0.298 e.